The lowest BCUT2D eigenvalue weighted by Gasteiger charge is -2.43. The van der Waals surface area contributed by atoms with E-state index < -0.39 is 67.2 Å². The van der Waals surface area contributed by atoms with Crippen molar-refractivity contribution < 1.29 is 52.4 Å². The molecule has 1 saturated heterocycles. The molecule has 11 nitrogen and oxygen atoms in total. The van der Waals surface area contributed by atoms with E-state index in [0.717, 1.165) is 20.8 Å². The fourth-order valence-electron chi connectivity index (χ4n) is 3.60. The molecule has 2 aromatic rings. The van der Waals surface area contributed by atoms with E-state index in [1.54, 1.807) is 36.4 Å². The predicted octanol–water partition coefficient (Wildman–Crippen LogP) is 2.22. The Labute approximate surface area is 212 Å². The topological polar surface area (TPSA) is 141 Å². The van der Waals surface area contributed by atoms with Crippen LogP contribution in [0, 0.1) is 0 Å². The Hall–Kier alpha value is -4.25. The van der Waals surface area contributed by atoms with Crippen molar-refractivity contribution in [3.63, 3.8) is 0 Å². The third-order valence-electron chi connectivity index (χ3n) is 5.13. The summed E-state index contributed by atoms with van der Waals surface area (Å²) >= 11 is 0. The average molecular weight is 514 g/mol. The van der Waals surface area contributed by atoms with Crippen LogP contribution in [0.15, 0.2) is 60.7 Å². The van der Waals surface area contributed by atoms with Crippen LogP contribution in [0.4, 0.5) is 0 Å². The van der Waals surface area contributed by atoms with Crippen LogP contribution in [0.5, 0.6) is 0 Å². The van der Waals surface area contributed by atoms with Gasteiger partial charge < -0.3 is 28.4 Å². The van der Waals surface area contributed by atoms with Gasteiger partial charge >= 0.3 is 29.8 Å². The van der Waals surface area contributed by atoms with Crippen LogP contribution in [0.25, 0.3) is 0 Å². The molecule has 0 spiro atoms. The Morgan fingerprint density at radius 2 is 1.11 bits per heavy atom. The molecular formula is C26H26O11. The fourth-order valence-corrected chi connectivity index (χ4v) is 3.60. The Morgan fingerprint density at radius 1 is 0.622 bits per heavy atom. The first kappa shape index (κ1) is 27.3. The summed E-state index contributed by atoms with van der Waals surface area (Å²) in [6.45, 7) is 2.93. The molecule has 3 rings (SSSR count). The monoisotopic (exact) mass is 514 g/mol. The molecule has 11 heteroatoms. The van der Waals surface area contributed by atoms with Gasteiger partial charge in [0.15, 0.2) is 12.2 Å². The van der Waals surface area contributed by atoms with Crippen molar-refractivity contribution in [3.8, 4) is 0 Å². The number of esters is 5. The van der Waals surface area contributed by atoms with Crippen LogP contribution in [0.1, 0.15) is 41.5 Å². The summed E-state index contributed by atoms with van der Waals surface area (Å²) in [5, 5.41) is 0. The summed E-state index contributed by atoms with van der Waals surface area (Å²) < 4.78 is 32.7. The van der Waals surface area contributed by atoms with E-state index >= 15 is 0 Å². The van der Waals surface area contributed by atoms with Crippen molar-refractivity contribution in [2.45, 2.75) is 51.5 Å². The van der Waals surface area contributed by atoms with Gasteiger partial charge in [-0.15, -0.1) is 0 Å². The van der Waals surface area contributed by atoms with Crippen molar-refractivity contribution in [3.05, 3.63) is 71.8 Å². The highest BCUT2D eigenvalue weighted by atomic mass is 16.7. The zero-order valence-electron chi connectivity index (χ0n) is 20.4. The number of hydrogen-bond donors (Lipinski definition) is 0. The van der Waals surface area contributed by atoms with Crippen LogP contribution >= 0.6 is 0 Å². The molecule has 0 aliphatic carbocycles. The first-order valence-electron chi connectivity index (χ1n) is 11.3. The van der Waals surface area contributed by atoms with Crippen molar-refractivity contribution in [1.29, 1.82) is 0 Å². The van der Waals surface area contributed by atoms with Crippen LogP contribution in [-0.2, 0) is 42.8 Å². The molecule has 37 heavy (non-hydrogen) atoms. The Morgan fingerprint density at radius 3 is 1.57 bits per heavy atom. The third kappa shape index (κ3) is 7.61. The quantitative estimate of drug-likeness (QED) is 0.378. The molecule has 0 radical (unpaired) electrons. The lowest BCUT2D eigenvalue weighted by Crippen LogP contribution is -2.63. The molecule has 1 fully saturated rings. The van der Waals surface area contributed by atoms with E-state index in [2.05, 4.69) is 0 Å². The van der Waals surface area contributed by atoms with Crippen LogP contribution in [0.2, 0.25) is 0 Å². The summed E-state index contributed by atoms with van der Waals surface area (Å²) in [4.78, 5) is 61.3. The van der Waals surface area contributed by atoms with Gasteiger partial charge in [0.05, 0.1) is 11.1 Å². The Balaban J connectivity index is 2.03. The SMILES string of the molecule is CC(=O)OC[C@@H]1OC(OC(C)=O)[C@H](OC(=O)c2ccccc2)[C@@H](OC(=O)c2ccccc2)[C@H]1OC(C)=O. The second-order valence-electron chi connectivity index (χ2n) is 8.00. The minimum absolute atomic E-state index is 0.156. The van der Waals surface area contributed by atoms with Crippen LogP contribution in [-0.4, -0.2) is 67.2 Å². The largest absolute Gasteiger partial charge is 0.463 e. The maximum absolute atomic E-state index is 13.0. The summed E-state index contributed by atoms with van der Waals surface area (Å²) in [6, 6.07) is 15.8. The molecule has 1 aliphatic rings. The van der Waals surface area contributed by atoms with Gasteiger partial charge in [-0.3, -0.25) is 14.4 Å². The number of carbonyl (C=O) groups excluding carboxylic acids is 5. The molecule has 2 aromatic carbocycles. The molecule has 0 amide bonds. The van der Waals surface area contributed by atoms with Crippen LogP contribution < -0.4 is 0 Å². The first-order valence-corrected chi connectivity index (χ1v) is 11.3. The van der Waals surface area contributed by atoms with E-state index in [1.807, 2.05) is 0 Å². The highest BCUT2D eigenvalue weighted by molar-refractivity contribution is 5.90. The van der Waals surface area contributed by atoms with Crippen molar-refractivity contribution in [1.82, 2.24) is 0 Å². The lowest BCUT2D eigenvalue weighted by molar-refractivity contribution is -0.293. The highest BCUT2D eigenvalue weighted by Gasteiger charge is 2.54. The van der Waals surface area contributed by atoms with Gasteiger partial charge in [-0.05, 0) is 24.3 Å². The smallest absolute Gasteiger partial charge is 0.338 e. The summed E-state index contributed by atoms with van der Waals surface area (Å²) in [7, 11) is 0. The third-order valence-corrected chi connectivity index (χ3v) is 5.13. The molecule has 1 unspecified atom stereocenters. The van der Waals surface area contributed by atoms with E-state index in [9.17, 15) is 24.0 Å². The first-order chi connectivity index (χ1) is 17.7. The van der Waals surface area contributed by atoms with E-state index in [-0.39, 0.29) is 11.1 Å². The second-order valence-corrected chi connectivity index (χ2v) is 8.00. The summed E-state index contributed by atoms with van der Waals surface area (Å²) in [6.07, 6.45) is -7.29. The molecule has 0 saturated carbocycles. The van der Waals surface area contributed by atoms with Gasteiger partial charge in [0.1, 0.15) is 12.7 Å². The molecule has 5 atom stereocenters. The van der Waals surface area contributed by atoms with Gasteiger partial charge in [-0.25, -0.2) is 9.59 Å². The van der Waals surface area contributed by atoms with Crippen LogP contribution in [0.3, 0.4) is 0 Å². The van der Waals surface area contributed by atoms with E-state index in [4.69, 9.17) is 28.4 Å². The summed E-state index contributed by atoms with van der Waals surface area (Å²) in [5.41, 5.74) is 0.313. The highest BCUT2D eigenvalue weighted by Crippen LogP contribution is 2.31. The second kappa shape index (κ2) is 12.6. The normalized spacial score (nSPS) is 22.7. The number of hydrogen-bond acceptors (Lipinski definition) is 11. The molecular weight excluding hydrogens is 488 g/mol. The lowest BCUT2D eigenvalue weighted by atomic mass is 9.97. The number of rotatable bonds is 8. The number of benzene rings is 2. The van der Waals surface area contributed by atoms with Gasteiger partial charge in [-0.1, -0.05) is 36.4 Å². The van der Waals surface area contributed by atoms with Crippen molar-refractivity contribution >= 4 is 29.8 Å². The van der Waals surface area contributed by atoms with Gasteiger partial charge in [0.2, 0.25) is 12.4 Å². The van der Waals surface area contributed by atoms with Crippen molar-refractivity contribution in [2.24, 2.45) is 0 Å². The standard InChI is InChI=1S/C26H26O11/c1-15(27)32-14-20-21(33-16(2)28)22(36-24(30)18-10-6-4-7-11-18)23(26(35-20)34-17(3)29)37-25(31)19-12-8-5-9-13-19/h4-13,20-23,26H,14H2,1-3H3/t20-,21-,22-,23+,26?/m0/s1. The molecule has 0 N–H and O–H groups in total. The Kier molecular flexibility index (Phi) is 9.33. The predicted molar refractivity (Wildman–Crippen MR) is 124 cm³/mol. The zero-order valence-corrected chi connectivity index (χ0v) is 20.4. The van der Waals surface area contributed by atoms with Gasteiger partial charge in [0, 0.05) is 20.8 Å². The van der Waals surface area contributed by atoms with E-state index in [1.165, 1.54) is 24.3 Å². The minimum atomic E-state index is -1.59. The maximum Gasteiger partial charge on any atom is 0.338 e. The minimum Gasteiger partial charge on any atom is -0.463 e. The molecule has 196 valence electrons. The molecule has 1 aliphatic heterocycles. The fraction of sp³-hybridized carbons (Fsp3) is 0.346. The van der Waals surface area contributed by atoms with Crippen molar-refractivity contribution in [2.75, 3.05) is 6.61 Å². The molecule has 1 heterocycles. The maximum atomic E-state index is 13.0. The number of carbonyl (C=O) groups is 5. The van der Waals surface area contributed by atoms with Gasteiger partial charge in [0.25, 0.3) is 0 Å². The average Bonchev–Trinajstić information content (AvgIpc) is 2.86. The van der Waals surface area contributed by atoms with E-state index in [0.29, 0.717) is 0 Å². The summed E-state index contributed by atoms with van der Waals surface area (Å²) in [5.74, 6) is -3.91. The Bertz CT molecular complexity index is 1120. The zero-order chi connectivity index (χ0) is 26.9. The number of ether oxygens (including phenoxy) is 6. The molecule has 0 bridgehead atoms. The van der Waals surface area contributed by atoms with Gasteiger partial charge in [-0.2, -0.15) is 0 Å². The molecule has 0 aromatic heterocycles.